The minimum Gasteiger partial charge on any atom is -2.00 e. The number of rotatable bonds is 0. The molecule has 0 aromatic heterocycles. The van der Waals surface area contributed by atoms with E-state index in [1.807, 2.05) is 0 Å². The van der Waals surface area contributed by atoms with Crippen molar-refractivity contribution in [1.82, 2.24) is 0 Å². The molecule has 0 spiro atoms. The Morgan fingerprint density at radius 3 is 0.600 bits per heavy atom. The molecule has 3 nitrogen and oxygen atoms in total. The van der Waals surface area contributed by atoms with Crippen LogP contribution in [-0.4, -0.2) is 26.2 Å². The van der Waals surface area contributed by atoms with E-state index in [1.165, 1.54) is 0 Å². The zero-order valence-electron chi connectivity index (χ0n) is 2.08. The van der Waals surface area contributed by atoms with Gasteiger partial charge in [-0.05, 0) is 0 Å². The molecule has 0 amide bonds. The van der Waals surface area contributed by atoms with Gasteiger partial charge in [0, 0.05) is 47.3 Å². The molecule has 5 heteroatoms. The van der Waals surface area contributed by atoms with Crippen LogP contribution in [0.1, 0.15) is 0 Å². The van der Waals surface area contributed by atoms with Gasteiger partial charge < -0.3 is 16.4 Å². The average molecular weight is 353 g/mol. The Labute approximate surface area is 63.4 Å². The third-order valence-corrected chi connectivity index (χ3v) is 0. The van der Waals surface area contributed by atoms with Crippen LogP contribution in [0.3, 0.4) is 0 Å². The van der Waals surface area contributed by atoms with Crippen LogP contribution < -0.4 is 0 Å². The van der Waals surface area contributed by atoms with Crippen molar-refractivity contribution < 1.29 is 37.5 Å². The van der Waals surface area contributed by atoms with Crippen LogP contribution in [0, 0.1) is 0 Å². The predicted molar refractivity (Wildman–Crippen MR) is 7.81 cm³/mol. The van der Waals surface area contributed by atoms with Gasteiger partial charge in [0.1, 0.15) is 0 Å². The van der Waals surface area contributed by atoms with Crippen molar-refractivity contribution in [2.24, 2.45) is 0 Å². The molecule has 0 unspecified atom stereocenters. The zero-order valence-corrected chi connectivity index (χ0v) is 7.56. The first kappa shape index (κ1) is 91.0. The van der Waals surface area contributed by atoms with Gasteiger partial charge in [0.25, 0.3) is 0 Å². The van der Waals surface area contributed by atoms with Gasteiger partial charge in [-0.3, -0.25) is 0 Å². The van der Waals surface area contributed by atoms with Gasteiger partial charge in [-0.15, -0.1) is 0 Å². The molecular weight excluding hydrogens is 353 g/mol. The number of hydrogen-bond donors (Lipinski definition) is 0. The monoisotopic (exact) mass is 355 g/mol. The quantitative estimate of drug-likeness (QED) is 0.514. The van der Waals surface area contributed by atoms with Crippen LogP contribution in [0.4, 0.5) is 0 Å². The minimum atomic E-state index is 0. The van der Waals surface area contributed by atoms with Gasteiger partial charge in [-0.2, -0.15) is 0 Å². The fraction of sp³-hybridized carbons (Fsp3) is 0. The molecule has 0 heterocycles. The van der Waals surface area contributed by atoms with Crippen molar-refractivity contribution in [2.75, 3.05) is 0 Å². The molecule has 35 valence electrons. The summed E-state index contributed by atoms with van der Waals surface area (Å²) in [6.45, 7) is 0. The normalized spacial score (nSPS) is 0. The Hall–Kier alpha value is 1.45. The predicted octanol–water partition coefficient (Wildman–Crippen LogP) is -0.740. The van der Waals surface area contributed by atoms with E-state index < -0.39 is 0 Å². The van der Waals surface area contributed by atoms with Crippen molar-refractivity contribution in [1.29, 1.82) is 0 Å². The Morgan fingerprint density at radius 2 is 0.600 bits per heavy atom. The van der Waals surface area contributed by atoms with Gasteiger partial charge in [-0.1, -0.05) is 0 Å². The van der Waals surface area contributed by atoms with Gasteiger partial charge >= 0.3 is 0 Å². The first-order valence-electron chi connectivity index (χ1n) is 0. The van der Waals surface area contributed by atoms with Crippen LogP contribution in [0.2, 0.25) is 0 Å². The van der Waals surface area contributed by atoms with Crippen LogP contribution in [0.15, 0.2) is 0 Å². The molecule has 0 aliphatic heterocycles. The smallest absolute Gasteiger partial charge is 0 e. The van der Waals surface area contributed by atoms with Crippen LogP contribution in [0.5, 0.6) is 0 Å². The van der Waals surface area contributed by atoms with E-state index in [-0.39, 0.29) is 63.7 Å². The second-order valence-electron chi connectivity index (χ2n) is 0. The van der Waals surface area contributed by atoms with Crippen LogP contribution in [0.25, 0.3) is 0 Å². The maximum absolute atomic E-state index is 0. The second-order valence-corrected chi connectivity index (χ2v) is 0. The molecule has 0 rings (SSSR count). The van der Waals surface area contributed by atoms with Gasteiger partial charge in [-0.25, -0.2) is 0 Å². The summed E-state index contributed by atoms with van der Waals surface area (Å²) in [4.78, 5) is 0. The van der Waals surface area contributed by atoms with Crippen LogP contribution >= 0.6 is 0 Å². The van der Waals surface area contributed by atoms with Crippen molar-refractivity contribution >= 4 is 26.2 Å². The zero-order chi connectivity index (χ0) is 0. The number of hydrogen-bond acceptors (Lipinski definition) is 0. The Morgan fingerprint density at radius 1 is 0.600 bits per heavy atom. The van der Waals surface area contributed by atoms with E-state index in [4.69, 9.17) is 0 Å². The van der Waals surface area contributed by atoms with Crippen molar-refractivity contribution in [3.05, 3.63) is 0 Å². The molecular formula is BiMoO3-6. The van der Waals surface area contributed by atoms with E-state index in [2.05, 4.69) is 0 Å². The van der Waals surface area contributed by atoms with Crippen LogP contribution in [-0.2, 0) is 37.5 Å². The van der Waals surface area contributed by atoms with Crippen molar-refractivity contribution in [3.8, 4) is 0 Å². The fourth-order valence-electron chi connectivity index (χ4n) is 0. The summed E-state index contributed by atoms with van der Waals surface area (Å²) < 4.78 is 0. The summed E-state index contributed by atoms with van der Waals surface area (Å²) in [5.41, 5.74) is 0. The topological polar surface area (TPSA) is 85.5 Å². The molecule has 0 aromatic rings. The fourth-order valence-corrected chi connectivity index (χ4v) is 0. The molecule has 0 bridgehead atoms. The molecule has 3 radical (unpaired) electrons. The third-order valence-electron chi connectivity index (χ3n) is 0. The summed E-state index contributed by atoms with van der Waals surface area (Å²) >= 11 is 0. The molecule has 0 aromatic carbocycles. The first-order chi connectivity index (χ1) is 0. The molecule has 0 fully saturated rings. The molecule has 0 N–H and O–H groups in total. The third kappa shape index (κ3) is 30.8. The second kappa shape index (κ2) is 51.3. The van der Waals surface area contributed by atoms with E-state index in [1.54, 1.807) is 0 Å². The molecule has 0 saturated carbocycles. The Kier molecular flexibility index (Phi) is 933. The van der Waals surface area contributed by atoms with E-state index in [9.17, 15) is 0 Å². The summed E-state index contributed by atoms with van der Waals surface area (Å²) in [5, 5.41) is 0. The summed E-state index contributed by atoms with van der Waals surface area (Å²) in [6.07, 6.45) is 0. The first-order valence-corrected chi connectivity index (χ1v) is 0. The largest absolute Gasteiger partial charge is 2.00 e. The van der Waals surface area contributed by atoms with E-state index >= 15 is 0 Å². The maximum Gasteiger partial charge on any atom is 0 e. The Bertz CT molecular complexity index is 6.85. The van der Waals surface area contributed by atoms with E-state index in [0.717, 1.165) is 0 Å². The molecule has 0 saturated heterocycles. The van der Waals surface area contributed by atoms with Gasteiger partial charge in [0.2, 0.25) is 0 Å². The molecule has 5 heavy (non-hydrogen) atoms. The molecule has 0 aliphatic carbocycles. The maximum atomic E-state index is 0. The molecule has 0 aliphatic rings. The van der Waals surface area contributed by atoms with Crippen molar-refractivity contribution in [2.45, 2.75) is 0 Å². The van der Waals surface area contributed by atoms with Gasteiger partial charge in [0.15, 0.2) is 0 Å². The van der Waals surface area contributed by atoms with Gasteiger partial charge in [0.05, 0.1) is 0 Å². The molecule has 0 atom stereocenters. The average Bonchev–Trinajstić information content (AvgIpc) is 0. The summed E-state index contributed by atoms with van der Waals surface area (Å²) in [7, 11) is 0. The summed E-state index contributed by atoms with van der Waals surface area (Å²) in [6, 6.07) is 0. The van der Waals surface area contributed by atoms with E-state index in [0.29, 0.717) is 0 Å². The van der Waals surface area contributed by atoms with Crippen molar-refractivity contribution in [3.63, 3.8) is 0 Å². The Balaban J connectivity index is 0. The standard InChI is InChI=1S/Bi.Mo.3O/q;;3*-2. The minimum absolute atomic E-state index is 0. The SMILES string of the molecule is [Bi].[Mo].[O-2].[O-2].[O-2]. The summed E-state index contributed by atoms with van der Waals surface area (Å²) in [5.74, 6) is 0.